The first-order chi connectivity index (χ1) is 8.15. The van der Waals surface area contributed by atoms with Crippen LogP contribution in [0.4, 0.5) is 0 Å². The van der Waals surface area contributed by atoms with Crippen molar-refractivity contribution in [1.29, 1.82) is 0 Å². The summed E-state index contributed by atoms with van der Waals surface area (Å²) in [6, 6.07) is 14.0. The van der Waals surface area contributed by atoms with Gasteiger partial charge in [-0.15, -0.1) is 0 Å². The van der Waals surface area contributed by atoms with E-state index in [0.29, 0.717) is 0 Å². The lowest BCUT2D eigenvalue weighted by atomic mass is 10.1. The molecule has 0 amide bonds. The molecule has 0 heterocycles. The molecule has 0 aliphatic carbocycles. The van der Waals surface area contributed by atoms with Gasteiger partial charge in [-0.05, 0) is 49.7 Å². The third kappa shape index (κ3) is 3.12. The van der Waals surface area contributed by atoms with E-state index in [2.05, 4.69) is 30.9 Å². The smallest absolute Gasteiger partial charge is 0.0436 e. The molecule has 17 heavy (non-hydrogen) atoms. The SMILES string of the molecule is Cc1ccc(C#Cc2ccc(Cl)c(C)c2)cc1. The maximum atomic E-state index is 5.97. The van der Waals surface area contributed by atoms with Gasteiger partial charge in [-0.25, -0.2) is 0 Å². The van der Waals surface area contributed by atoms with Gasteiger partial charge in [-0.3, -0.25) is 0 Å². The van der Waals surface area contributed by atoms with E-state index in [1.165, 1.54) is 5.56 Å². The summed E-state index contributed by atoms with van der Waals surface area (Å²) in [7, 11) is 0. The van der Waals surface area contributed by atoms with E-state index in [1.807, 2.05) is 37.3 Å². The Labute approximate surface area is 107 Å². The fraction of sp³-hybridized carbons (Fsp3) is 0.125. The minimum atomic E-state index is 0.783. The zero-order valence-corrected chi connectivity index (χ0v) is 10.7. The van der Waals surface area contributed by atoms with Crippen molar-refractivity contribution in [3.05, 3.63) is 69.7 Å². The van der Waals surface area contributed by atoms with Crippen LogP contribution in [-0.2, 0) is 0 Å². The summed E-state index contributed by atoms with van der Waals surface area (Å²) in [4.78, 5) is 0. The molecule has 2 aromatic carbocycles. The van der Waals surface area contributed by atoms with Crippen LogP contribution in [0.2, 0.25) is 5.02 Å². The van der Waals surface area contributed by atoms with Crippen LogP contribution in [0.1, 0.15) is 22.3 Å². The van der Waals surface area contributed by atoms with Gasteiger partial charge in [0.05, 0.1) is 0 Å². The van der Waals surface area contributed by atoms with Gasteiger partial charge in [0.15, 0.2) is 0 Å². The van der Waals surface area contributed by atoms with Crippen LogP contribution < -0.4 is 0 Å². The van der Waals surface area contributed by atoms with E-state index in [-0.39, 0.29) is 0 Å². The Morgan fingerprint density at radius 1 is 0.824 bits per heavy atom. The van der Waals surface area contributed by atoms with Crippen molar-refractivity contribution in [2.45, 2.75) is 13.8 Å². The second-order valence-corrected chi connectivity index (χ2v) is 4.49. The molecule has 0 aliphatic rings. The summed E-state index contributed by atoms with van der Waals surface area (Å²) in [5.74, 6) is 6.28. The predicted octanol–water partition coefficient (Wildman–Crippen LogP) is 4.36. The molecule has 0 fully saturated rings. The Kier molecular flexibility index (Phi) is 3.52. The zero-order chi connectivity index (χ0) is 12.3. The minimum absolute atomic E-state index is 0.783. The summed E-state index contributed by atoms with van der Waals surface area (Å²) in [6.07, 6.45) is 0. The van der Waals surface area contributed by atoms with Crippen molar-refractivity contribution in [2.24, 2.45) is 0 Å². The Bertz CT molecular complexity index is 583. The molecule has 1 heteroatoms. The van der Waals surface area contributed by atoms with Gasteiger partial charge in [0, 0.05) is 16.1 Å². The maximum Gasteiger partial charge on any atom is 0.0436 e. The first-order valence-corrected chi connectivity index (χ1v) is 5.88. The van der Waals surface area contributed by atoms with Gasteiger partial charge in [-0.1, -0.05) is 41.1 Å². The number of rotatable bonds is 0. The Balaban J connectivity index is 2.26. The number of aryl methyl sites for hydroxylation is 2. The Hall–Kier alpha value is -1.71. The molecule has 0 aliphatic heterocycles. The number of benzene rings is 2. The normalized spacial score (nSPS) is 9.59. The molecule has 84 valence electrons. The first-order valence-electron chi connectivity index (χ1n) is 5.50. The van der Waals surface area contributed by atoms with Crippen LogP contribution in [-0.4, -0.2) is 0 Å². The van der Waals surface area contributed by atoms with Gasteiger partial charge in [0.2, 0.25) is 0 Å². The van der Waals surface area contributed by atoms with Gasteiger partial charge < -0.3 is 0 Å². The van der Waals surface area contributed by atoms with E-state index >= 15 is 0 Å². The summed E-state index contributed by atoms with van der Waals surface area (Å²) < 4.78 is 0. The molecule has 0 N–H and O–H groups in total. The van der Waals surface area contributed by atoms with Crippen molar-refractivity contribution in [3.63, 3.8) is 0 Å². The molecule has 0 saturated carbocycles. The number of hydrogen-bond donors (Lipinski definition) is 0. The highest BCUT2D eigenvalue weighted by molar-refractivity contribution is 6.31. The summed E-state index contributed by atoms with van der Waals surface area (Å²) in [5.41, 5.74) is 4.33. The molecule has 0 radical (unpaired) electrons. The summed E-state index contributed by atoms with van der Waals surface area (Å²) >= 11 is 5.97. The van der Waals surface area contributed by atoms with Crippen LogP contribution in [0.5, 0.6) is 0 Å². The van der Waals surface area contributed by atoms with Crippen molar-refractivity contribution in [1.82, 2.24) is 0 Å². The topological polar surface area (TPSA) is 0 Å². The number of hydrogen-bond acceptors (Lipinski definition) is 0. The lowest BCUT2D eigenvalue weighted by Crippen LogP contribution is -1.80. The largest absolute Gasteiger partial charge is 0.0841 e. The van der Waals surface area contributed by atoms with Crippen molar-refractivity contribution >= 4 is 11.6 Å². The van der Waals surface area contributed by atoms with Gasteiger partial charge in [0.25, 0.3) is 0 Å². The molecule has 2 aromatic rings. The molecule has 0 atom stereocenters. The minimum Gasteiger partial charge on any atom is -0.0841 e. The number of halogens is 1. The molecule has 0 unspecified atom stereocenters. The van der Waals surface area contributed by atoms with Crippen LogP contribution in [0, 0.1) is 25.7 Å². The zero-order valence-electron chi connectivity index (χ0n) is 9.92. The fourth-order valence-corrected chi connectivity index (χ4v) is 1.62. The lowest BCUT2D eigenvalue weighted by Gasteiger charge is -1.97. The maximum absolute atomic E-state index is 5.97. The second kappa shape index (κ2) is 5.08. The monoisotopic (exact) mass is 240 g/mol. The van der Waals surface area contributed by atoms with E-state index in [4.69, 9.17) is 11.6 Å². The molecular weight excluding hydrogens is 228 g/mol. The van der Waals surface area contributed by atoms with E-state index in [9.17, 15) is 0 Å². The highest BCUT2D eigenvalue weighted by Gasteiger charge is 1.94. The highest BCUT2D eigenvalue weighted by atomic mass is 35.5. The van der Waals surface area contributed by atoms with Crippen LogP contribution in [0.25, 0.3) is 0 Å². The third-order valence-electron chi connectivity index (χ3n) is 2.56. The van der Waals surface area contributed by atoms with E-state index in [1.54, 1.807) is 0 Å². The molecule has 0 spiro atoms. The van der Waals surface area contributed by atoms with E-state index in [0.717, 1.165) is 21.7 Å². The Morgan fingerprint density at radius 2 is 1.41 bits per heavy atom. The van der Waals surface area contributed by atoms with Gasteiger partial charge >= 0.3 is 0 Å². The molecule has 0 nitrogen and oxygen atoms in total. The molecule has 0 saturated heterocycles. The standard InChI is InChI=1S/C16H13Cl/c1-12-3-5-14(6-4-12)7-8-15-9-10-16(17)13(2)11-15/h3-6,9-11H,1-2H3. The lowest BCUT2D eigenvalue weighted by molar-refractivity contribution is 1.45. The van der Waals surface area contributed by atoms with Gasteiger partial charge in [-0.2, -0.15) is 0 Å². The third-order valence-corrected chi connectivity index (χ3v) is 2.98. The fourth-order valence-electron chi connectivity index (χ4n) is 1.50. The Morgan fingerprint density at radius 3 is 2.06 bits per heavy atom. The van der Waals surface area contributed by atoms with E-state index < -0.39 is 0 Å². The molecule has 2 rings (SSSR count). The summed E-state index contributed by atoms with van der Waals surface area (Å²) in [5, 5.41) is 0.783. The average molecular weight is 241 g/mol. The summed E-state index contributed by atoms with van der Waals surface area (Å²) in [6.45, 7) is 4.05. The van der Waals surface area contributed by atoms with Crippen LogP contribution in [0.3, 0.4) is 0 Å². The van der Waals surface area contributed by atoms with Crippen molar-refractivity contribution in [2.75, 3.05) is 0 Å². The van der Waals surface area contributed by atoms with Crippen LogP contribution in [0.15, 0.2) is 42.5 Å². The second-order valence-electron chi connectivity index (χ2n) is 4.08. The molecule has 0 aromatic heterocycles. The van der Waals surface area contributed by atoms with Crippen molar-refractivity contribution in [3.8, 4) is 11.8 Å². The first kappa shape index (κ1) is 11.8. The van der Waals surface area contributed by atoms with Crippen molar-refractivity contribution < 1.29 is 0 Å². The average Bonchev–Trinajstić information content (AvgIpc) is 2.33. The van der Waals surface area contributed by atoms with Crippen LogP contribution >= 0.6 is 11.6 Å². The quantitative estimate of drug-likeness (QED) is 0.601. The van der Waals surface area contributed by atoms with Gasteiger partial charge in [0.1, 0.15) is 0 Å². The predicted molar refractivity (Wildman–Crippen MR) is 73.3 cm³/mol. The molecule has 0 bridgehead atoms. The molecular formula is C16H13Cl. The highest BCUT2D eigenvalue weighted by Crippen LogP contribution is 2.15.